The normalized spacial score (nSPS) is 19.0. The summed E-state index contributed by atoms with van der Waals surface area (Å²) in [7, 11) is 0. The molecule has 4 rings (SSSR count). The first-order valence-corrected chi connectivity index (χ1v) is 12.4. The van der Waals surface area contributed by atoms with Gasteiger partial charge in [0.25, 0.3) is 0 Å². The van der Waals surface area contributed by atoms with E-state index in [1.54, 1.807) is 0 Å². The molecule has 2 aliphatic rings. The van der Waals surface area contributed by atoms with E-state index in [2.05, 4.69) is 32.1 Å². The Morgan fingerprint density at radius 1 is 1.00 bits per heavy atom. The van der Waals surface area contributed by atoms with Gasteiger partial charge in [-0.15, -0.1) is 0 Å². The van der Waals surface area contributed by atoms with Crippen molar-refractivity contribution in [2.45, 2.75) is 39.2 Å². The predicted molar refractivity (Wildman–Crippen MR) is 131 cm³/mol. The highest BCUT2D eigenvalue weighted by Crippen LogP contribution is 2.27. The molecule has 0 atom stereocenters. The maximum Gasteiger partial charge on any atom is 0.225 e. The molecule has 0 bridgehead atoms. The van der Waals surface area contributed by atoms with Gasteiger partial charge in [0.15, 0.2) is 0 Å². The van der Waals surface area contributed by atoms with E-state index in [4.69, 9.17) is 16.4 Å². The Labute approximate surface area is 201 Å². The molecule has 3 heterocycles. The van der Waals surface area contributed by atoms with Gasteiger partial charge in [-0.1, -0.05) is 28.9 Å². The van der Waals surface area contributed by atoms with Crippen LogP contribution in [0.4, 0.5) is 0 Å². The van der Waals surface area contributed by atoms with Crippen LogP contribution in [0.3, 0.4) is 0 Å². The Kier molecular flexibility index (Phi) is 8.35. The van der Waals surface area contributed by atoms with Gasteiger partial charge >= 0.3 is 0 Å². The summed E-state index contributed by atoms with van der Waals surface area (Å²) in [6.07, 6.45) is 7.36. The van der Waals surface area contributed by atoms with Crippen molar-refractivity contribution in [1.82, 2.24) is 14.8 Å². The monoisotopic (exact) mass is 468 g/mol. The number of hydrogen-bond acceptors (Lipinski definition) is 5. The number of carbonyl (C=O) groups is 1. The molecule has 0 aliphatic carbocycles. The van der Waals surface area contributed by atoms with E-state index < -0.39 is 0 Å². The number of amides is 1. The summed E-state index contributed by atoms with van der Waals surface area (Å²) < 4.78 is 0. The lowest BCUT2D eigenvalue weighted by atomic mass is 9.87. The van der Waals surface area contributed by atoms with Crippen molar-refractivity contribution in [3.63, 3.8) is 0 Å². The fourth-order valence-electron chi connectivity index (χ4n) is 4.83. The smallest absolute Gasteiger partial charge is 0.225 e. The van der Waals surface area contributed by atoms with Crippen LogP contribution in [0.1, 0.15) is 43.7 Å². The van der Waals surface area contributed by atoms with E-state index in [1.165, 1.54) is 5.56 Å². The summed E-state index contributed by atoms with van der Waals surface area (Å²) in [6.45, 7) is 6.90. The maximum atomic E-state index is 13.2. The molecule has 0 saturated carbocycles. The molecule has 1 aromatic heterocycles. The number of oxime groups is 1. The lowest BCUT2D eigenvalue weighted by Crippen LogP contribution is -2.46. The molecule has 0 spiro atoms. The Balaban J connectivity index is 1.29. The Morgan fingerprint density at radius 3 is 2.27 bits per heavy atom. The first kappa shape index (κ1) is 23.7. The van der Waals surface area contributed by atoms with E-state index in [1.807, 2.05) is 43.6 Å². The van der Waals surface area contributed by atoms with Gasteiger partial charge in [0, 0.05) is 48.9 Å². The molecule has 176 valence electrons. The van der Waals surface area contributed by atoms with Gasteiger partial charge in [0.2, 0.25) is 5.91 Å². The number of piperidine rings is 2. The van der Waals surface area contributed by atoms with Crippen LogP contribution >= 0.6 is 11.6 Å². The van der Waals surface area contributed by atoms with Crippen LogP contribution in [0.25, 0.3) is 0 Å². The van der Waals surface area contributed by atoms with Crippen molar-refractivity contribution in [2.24, 2.45) is 17.0 Å². The molecule has 2 aromatic rings. The maximum absolute atomic E-state index is 13.2. The average Bonchev–Trinajstić information content (AvgIpc) is 2.86. The summed E-state index contributed by atoms with van der Waals surface area (Å²) in [5.41, 5.74) is 3.28. The molecule has 1 amide bonds. The van der Waals surface area contributed by atoms with Crippen molar-refractivity contribution >= 4 is 23.2 Å². The standard InChI is InChI=1S/C26H33ClN4O2/c1-2-33-29-25(21-3-5-24(27)6-4-21)22-11-17-31(18-12-22)26(32)23-9-15-30(16-10-23)19-20-7-13-28-14-8-20/h3-8,13-14,22-23H,2,9-12,15-19H2,1H3/b29-25+. The van der Waals surface area contributed by atoms with Crippen LogP contribution in [0, 0.1) is 11.8 Å². The van der Waals surface area contributed by atoms with E-state index in [0.29, 0.717) is 17.5 Å². The summed E-state index contributed by atoms with van der Waals surface area (Å²) in [6, 6.07) is 11.9. The number of carbonyl (C=O) groups excluding carboxylic acids is 1. The van der Waals surface area contributed by atoms with Crippen molar-refractivity contribution in [2.75, 3.05) is 32.8 Å². The largest absolute Gasteiger partial charge is 0.396 e. The Morgan fingerprint density at radius 2 is 1.64 bits per heavy atom. The fourth-order valence-corrected chi connectivity index (χ4v) is 4.96. The second kappa shape index (κ2) is 11.6. The first-order chi connectivity index (χ1) is 16.1. The molecule has 0 radical (unpaired) electrons. The van der Waals surface area contributed by atoms with Gasteiger partial charge < -0.3 is 9.74 Å². The van der Waals surface area contributed by atoms with Gasteiger partial charge in [-0.05, 0) is 81.1 Å². The number of halogens is 1. The highest BCUT2D eigenvalue weighted by atomic mass is 35.5. The topological polar surface area (TPSA) is 58.0 Å². The zero-order valence-corrected chi connectivity index (χ0v) is 20.1. The van der Waals surface area contributed by atoms with Crippen LogP contribution in [0.5, 0.6) is 0 Å². The minimum atomic E-state index is 0.142. The number of nitrogens with zero attached hydrogens (tertiary/aromatic N) is 4. The summed E-state index contributed by atoms with van der Waals surface area (Å²) in [5.74, 6) is 0.749. The number of benzene rings is 1. The van der Waals surface area contributed by atoms with Gasteiger partial charge in [-0.25, -0.2) is 0 Å². The third kappa shape index (κ3) is 6.33. The molecule has 2 fully saturated rings. The van der Waals surface area contributed by atoms with Gasteiger partial charge in [0.1, 0.15) is 6.61 Å². The molecule has 2 saturated heterocycles. The third-order valence-corrected chi connectivity index (χ3v) is 6.97. The van der Waals surface area contributed by atoms with Crippen LogP contribution in [0.15, 0.2) is 53.9 Å². The molecular formula is C26H33ClN4O2. The molecule has 6 nitrogen and oxygen atoms in total. The number of hydrogen-bond donors (Lipinski definition) is 0. The summed E-state index contributed by atoms with van der Waals surface area (Å²) >= 11 is 6.06. The van der Waals surface area contributed by atoms with Gasteiger partial charge in [0.05, 0.1) is 5.71 Å². The highest BCUT2D eigenvalue weighted by Gasteiger charge is 2.32. The van der Waals surface area contributed by atoms with E-state index in [9.17, 15) is 4.79 Å². The third-order valence-electron chi connectivity index (χ3n) is 6.72. The number of rotatable bonds is 7. The van der Waals surface area contributed by atoms with Gasteiger partial charge in [-0.3, -0.25) is 14.7 Å². The van der Waals surface area contributed by atoms with Crippen LogP contribution < -0.4 is 0 Å². The van der Waals surface area contributed by atoms with E-state index in [-0.39, 0.29) is 11.8 Å². The van der Waals surface area contributed by atoms with Crippen molar-refractivity contribution in [3.8, 4) is 0 Å². The average molecular weight is 469 g/mol. The Hall–Kier alpha value is -2.44. The molecule has 7 heteroatoms. The lowest BCUT2D eigenvalue weighted by Gasteiger charge is -2.37. The summed E-state index contributed by atoms with van der Waals surface area (Å²) in [5, 5.41) is 5.14. The van der Waals surface area contributed by atoms with Crippen LogP contribution in [-0.2, 0) is 16.2 Å². The zero-order valence-electron chi connectivity index (χ0n) is 19.3. The summed E-state index contributed by atoms with van der Waals surface area (Å²) in [4.78, 5) is 27.2. The molecule has 33 heavy (non-hydrogen) atoms. The quantitative estimate of drug-likeness (QED) is 0.439. The molecule has 0 unspecified atom stereocenters. The minimum Gasteiger partial charge on any atom is -0.396 e. The number of likely N-dealkylation sites (tertiary alicyclic amines) is 2. The predicted octanol–water partition coefficient (Wildman–Crippen LogP) is 4.63. The van der Waals surface area contributed by atoms with Gasteiger partial charge in [-0.2, -0.15) is 0 Å². The first-order valence-electron chi connectivity index (χ1n) is 12.0. The second-order valence-corrected chi connectivity index (χ2v) is 9.34. The molecule has 2 aliphatic heterocycles. The lowest BCUT2D eigenvalue weighted by molar-refractivity contribution is -0.138. The van der Waals surface area contributed by atoms with Crippen molar-refractivity contribution in [3.05, 3.63) is 64.9 Å². The fraction of sp³-hybridized carbons (Fsp3) is 0.500. The minimum absolute atomic E-state index is 0.142. The molecule has 1 aromatic carbocycles. The van der Waals surface area contributed by atoms with Crippen LogP contribution in [-0.4, -0.2) is 59.2 Å². The molecule has 0 N–H and O–H groups in total. The SMILES string of the molecule is CCO/N=C(\c1ccc(Cl)cc1)C1CCN(C(=O)C2CCN(Cc3ccncc3)CC2)CC1. The van der Waals surface area contributed by atoms with Crippen molar-refractivity contribution in [1.29, 1.82) is 0 Å². The van der Waals surface area contributed by atoms with Crippen molar-refractivity contribution < 1.29 is 9.63 Å². The zero-order chi connectivity index (χ0) is 23.0. The van der Waals surface area contributed by atoms with Crippen LogP contribution in [0.2, 0.25) is 5.02 Å². The van der Waals surface area contributed by atoms with E-state index >= 15 is 0 Å². The highest BCUT2D eigenvalue weighted by molar-refractivity contribution is 6.30. The molecular weight excluding hydrogens is 436 g/mol. The Bertz CT molecular complexity index is 919. The number of pyridine rings is 1. The van der Waals surface area contributed by atoms with E-state index in [0.717, 1.165) is 69.7 Å². The number of aromatic nitrogens is 1. The second-order valence-electron chi connectivity index (χ2n) is 8.91.